The fraction of sp³-hybridized carbons (Fsp3) is 0.611. The smallest absolute Gasteiger partial charge is 0.254 e. The normalized spacial score (nSPS) is 18.6. The van der Waals surface area contributed by atoms with Gasteiger partial charge in [-0.1, -0.05) is 18.2 Å². The van der Waals surface area contributed by atoms with Gasteiger partial charge in [-0.15, -0.1) is 12.4 Å². The van der Waals surface area contributed by atoms with Crippen LogP contribution in [0.1, 0.15) is 28.8 Å². The molecule has 1 aliphatic carbocycles. The number of halogens is 1. The van der Waals surface area contributed by atoms with Crippen molar-refractivity contribution in [1.29, 1.82) is 0 Å². The minimum Gasteiger partial charge on any atom is -0.336 e. The minimum absolute atomic E-state index is 0. The van der Waals surface area contributed by atoms with Gasteiger partial charge in [0, 0.05) is 38.3 Å². The molecule has 0 spiro atoms. The summed E-state index contributed by atoms with van der Waals surface area (Å²) in [7, 11) is 1.95. The predicted molar refractivity (Wildman–Crippen MR) is 96.4 cm³/mol. The Morgan fingerprint density at radius 2 is 1.87 bits per heavy atom. The van der Waals surface area contributed by atoms with E-state index in [-0.39, 0.29) is 18.3 Å². The van der Waals surface area contributed by atoms with E-state index in [2.05, 4.69) is 16.3 Å². The molecule has 3 rings (SSSR count). The number of benzene rings is 1. The van der Waals surface area contributed by atoms with Crippen LogP contribution in [0.2, 0.25) is 0 Å². The molecule has 1 amide bonds. The Morgan fingerprint density at radius 3 is 2.52 bits per heavy atom. The molecular weight excluding hydrogens is 310 g/mol. The van der Waals surface area contributed by atoms with E-state index in [4.69, 9.17) is 0 Å². The molecule has 2 aliphatic rings. The van der Waals surface area contributed by atoms with E-state index in [1.54, 1.807) is 0 Å². The van der Waals surface area contributed by atoms with Crippen molar-refractivity contribution in [1.82, 2.24) is 15.1 Å². The second-order valence-corrected chi connectivity index (χ2v) is 6.55. The Morgan fingerprint density at radius 1 is 1.17 bits per heavy atom. The Bertz CT molecular complexity index is 511. The lowest BCUT2D eigenvalue weighted by Gasteiger charge is -2.35. The molecule has 1 saturated heterocycles. The van der Waals surface area contributed by atoms with Crippen LogP contribution in [-0.2, 0) is 6.42 Å². The van der Waals surface area contributed by atoms with Gasteiger partial charge in [-0.3, -0.25) is 9.69 Å². The second-order valence-electron chi connectivity index (χ2n) is 6.55. The molecule has 1 heterocycles. The molecule has 0 radical (unpaired) electrons. The number of amides is 1. The highest BCUT2D eigenvalue weighted by atomic mass is 35.5. The zero-order chi connectivity index (χ0) is 15.4. The molecule has 128 valence electrons. The molecular formula is C18H28ClN3O. The van der Waals surface area contributed by atoms with Crippen molar-refractivity contribution in [2.45, 2.75) is 19.3 Å². The lowest BCUT2D eigenvalue weighted by molar-refractivity contribution is 0.0631. The van der Waals surface area contributed by atoms with Gasteiger partial charge in [0.1, 0.15) is 0 Å². The maximum Gasteiger partial charge on any atom is 0.254 e. The summed E-state index contributed by atoms with van der Waals surface area (Å²) < 4.78 is 0. The van der Waals surface area contributed by atoms with E-state index in [0.29, 0.717) is 0 Å². The summed E-state index contributed by atoms with van der Waals surface area (Å²) >= 11 is 0. The zero-order valence-electron chi connectivity index (χ0n) is 14.0. The highest BCUT2D eigenvalue weighted by molar-refractivity contribution is 5.95. The lowest BCUT2D eigenvalue weighted by Crippen LogP contribution is -2.49. The third-order valence-electron chi connectivity index (χ3n) is 4.76. The average molecular weight is 338 g/mol. The van der Waals surface area contributed by atoms with E-state index < -0.39 is 0 Å². The number of rotatable bonds is 6. The molecule has 1 aromatic carbocycles. The van der Waals surface area contributed by atoms with Gasteiger partial charge in [-0.25, -0.2) is 0 Å². The van der Waals surface area contributed by atoms with Crippen molar-refractivity contribution in [3.05, 3.63) is 35.4 Å². The number of likely N-dealkylation sites (N-methyl/N-ethyl adjacent to an activating group) is 1. The SMILES string of the molecule is CNCCc1ccccc1C(=O)N1CCN(CC2CC2)CC1.Cl. The first-order chi connectivity index (χ1) is 10.8. The van der Waals surface area contributed by atoms with Crippen LogP contribution in [0, 0.1) is 5.92 Å². The van der Waals surface area contributed by atoms with Gasteiger partial charge in [0.25, 0.3) is 5.91 Å². The van der Waals surface area contributed by atoms with Gasteiger partial charge in [-0.2, -0.15) is 0 Å². The van der Waals surface area contributed by atoms with Gasteiger partial charge in [0.15, 0.2) is 0 Å². The van der Waals surface area contributed by atoms with Crippen LogP contribution in [0.25, 0.3) is 0 Å². The summed E-state index contributed by atoms with van der Waals surface area (Å²) in [5, 5.41) is 3.16. The average Bonchev–Trinajstić information content (AvgIpc) is 3.37. The molecule has 23 heavy (non-hydrogen) atoms. The molecule has 1 saturated carbocycles. The molecule has 1 aliphatic heterocycles. The molecule has 0 atom stereocenters. The van der Waals surface area contributed by atoms with Crippen LogP contribution in [0.5, 0.6) is 0 Å². The van der Waals surface area contributed by atoms with Gasteiger partial charge in [0.05, 0.1) is 0 Å². The van der Waals surface area contributed by atoms with Crippen molar-refractivity contribution < 1.29 is 4.79 Å². The Kier molecular flexibility index (Phi) is 6.88. The summed E-state index contributed by atoms with van der Waals surface area (Å²) in [5.74, 6) is 1.14. The van der Waals surface area contributed by atoms with Gasteiger partial charge in [0.2, 0.25) is 0 Å². The number of nitrogens with zero attached hydrogens (tertiary/aromatic N) is 2. The molecule has 5 heteroatoms. The predicted octanol–water partition coefficient (Wildman–Crippen LogP) is 2.04. The highest BCUT2D eigenvalue weighted by Crippen LogP contribution is 2.30. The summed E-state index contributed by atoms with van der Waals surface area (Å²) in [4.78, 5) is 17.4. The molecule has 0 unspecified atom stereocenters. The standard InChI is InChI=1S/C18H27N3O.ClH/c1-19-9-8-16-4-2-3-5-17(16)18(22)21-12-10-20(11-13-21)14-15-6-7-15;/h2-5,15,19H,6-14H2,1H3;1H. The van der Waals surface area contributed by atoms with E-state index in [1.807, 2.05) is 30.1 Å². The van der Waals surface area contributed by atoms with E-state index in [9.17, 15) is 4.79 Å². The van der Waals surface area contributed by atoms with Crippen LogP contribution < -0.4 is 5.32 Å². The van der Waals surface area contributed by atoms with Crippen molar-refractivity contribution >= 4 is 18.3 Å². The van der Waals surface area contributed by atoms with E-state index in [0.717, 1.165) is 56.2 Å². The van der Waals surface area contributed by atoms with E-state index >= 15 is 0 Å². The van der Waals surface area contributed by atoms with Crippen LogP contribution in [0.3, 0.4) is 0 Å². The Hall–Kier alpha value is -1.10. The third-order valence-corrected chi connectivity index (χ3v) is 4.76. The largest absolute Gasteiger partial charge is 0.336 e. The number of carbonyl (C=O) groups is 1. The molecule has 0 aromatic heterocycles. The van der Waals surface area contributed by atoms with Crippen molar-refractivity contribution in [3.8, 4) is 0 Å². The molecule has 0 bridgehead atoms. The van der Waals surface area contributed by atoms with Gasteiger partial charge >= 0.3 is 0 Å². The number of piperazine rings is 1. The van der Waals surface area contributed by atoms with Crippen LogP contribution in [0.4, 0.5) is 0 Å². The fourth-order valence-corrected chi connectivity index (χ4v) is 3.18. The fourth-order valence-electron chi connectivity index (χ4n) is 3.18. The summed E-state index contributed by atoms with van der Waals surface area (Å²) in [6, 6.07) is 8.05. The maximum atomic E-state index is 12.8. The first-order valence-electron chi connectivity index (χ1n) is 8.52. The first-order valence-corrected chi connectivity index (χ1v) is 8.52. The lowest BCUT2D eigenvalue weighted by atomic mass is 10.0. The zero-order valence-corrected chi connectivity index (χ0v) is 14.8. The Labute approximate surface area is 145 Å². The van der Waals surface area contributed by atoms with Crippen molar-refractivity contribution in [2.24, 2.45) is 5.92 Å². The summed E-state index contributed by atoms with van der Waals surface area (Å²) in [6.07, 6.45) is 3.70. The summed E-state index contributed by atoms with van der Waals surface area (Å²) in [6.45, 7) is 5.93. The molecule has 4 nitrogen and oxygen atoms in total. The van der Waals surface area contributed by atoms with Crippen molar-refractivity contribution in [3.63, 3.8) is 0 Å². The minimum atomic E-state index is 0. The van der Waals surface area contributed by atoms with Crippen LogP contribution >= 0.6 is 12.4 Å². The first kappa shape index (κ1) is 18.2. The number of hydrogen-bond acceptors (Lipinski definition) is 3. The van der Waals surface area contributed by atoms with E-state index in [1.165, 1.54) is 19.4 Å². The van der Waals surface area contributed by atoms with Crippen molar-refractivity contribution in [2.75, 3.05) is 46.3 Å². The monoisotopic (exact) mass is 337 g/mol. The highest BCUT2D eigenvalue weighted by Gasteiger charge is 2.28. The van der Waals surface area contributed by atoms with Crippen LogP contribution in [-0.4, -0.2) is 62.0 Å². The number of hydrogen-bond donors (Lipinski definition) is 1. The molecule has 1 aromatic rings. The topological polar surface area (TPSA) is 35.6 Å². The molecule has 1 N–H and O–H groups in total. The third kappa shape index (κ3) is 4.93. The number of carbonyl (C=O) groups excluding carboxylic acids is 1. The Balaban J connectivity index is 0.00000192. The van der Waals surface area contributed by atoms with Gasteiger partial charge < -0.3 is 10.2 Å². The van der Waals surface area contributed by atoms with Crippen LogP contribution in [0.15, 0.2) is 24.3 Å². The number of nitrogens with one attached hydrogen (secondary N) is 1. The quantitative estimate of drug-likeness (QED) is 0.863. The molecule has 2 fully saturated rings. The van der Waals surface area contributed by atoms with Gasteiger partial charge in [-0.05, 0) is 50.4 Å². The second kappa shape index (κ2) is 8.67. The summed E-state index contributed by atoms with van der Waals surface area (Å²) in [5.41, 5.74) is 2.04. The maximum absolute atomic E-state index is 12.8.